The molecule has 1 aromatic rings. The summed E-state index contributed by atoms with van der Waals surface area (Å²) in [5.74, 6) is -0.779. The fourth-order valence-corrected chi connectivity index (χ4v) is 2.87. The normalized spacial score (nSPS) is 17.9. The van der Waals surface area contributed by atoms with Gasteiger partial charge in [-0.2, -0.15) is 0 Å². The Morgan fingerprint density at radius 3 is 2.58 bits per heavy atom. The first-order valence-electron chi connectivity index (χ1n) is 6.50. The zero-order valence-corrected chi connectivity index (χ0v) is 10.7. The number of aliphatic carboxylic acids is 1. The summed E-state index contributed by atoms with van der Waals surface area (Å²) in [6.45, 7) is 0. The minimum atomic E-state index is -0.779. The molecule has 0 heterocycles. The molecule has 0 atom stereocenters. The van der Waals surface area contributed by atoms with Crippen LogP contribution in [0.5, 0.6) is 0 Å². The lowest BCUT2D eigenvalue weighted by atomic mass is 9.70. The molecule has 0 amide bonds. The van der Waals surface area contributed by atoms with Gasteiger partial charge in [0, 0.05) is 12.1 Å². The summed E-state index contributed by atoms with van der Waals surface area (Å²) in [5.41, 5.74) is 0.0142. The van der Waals surface area contributed by atoms with Gasteiger partial charge in [-0.25, -0.2) is 0 Å². The van der Waals surface area contributed by atoms with E-state index in [4.69, 9.17) is 0 Å². The van der Waals surface area contributed by atoms with Gasteiger partial charge in [0.05, 0.1) is 10.3 Å². The van der Waals surface area contributed by atoms with Crippen molar-refractivity contribution < 1.29 is 14.8 Å². The number of nitro benzene ring substituents is 1. The molecular formula is C14H17NO4. The first-order valence-corrected chi connectivity index (χ1v) is 6.50. The van der Waals surface area contributed by atoms with Crippen molar-refractivity contribution in [2.75, 3.05) is 0 Å². The lowest BCUT2D eigenvalue weighted by Gasteiger charge is -2.33. The van der Waals surface area contributed by atoms with E-state index in [2.05, 4.69) is 0 Å². The number of rotatable bonds is 4. The maximum atomic E-state index is 11.6. The topological polar surface area (TPSA) is 80.4 Å². The molecule has 2 rings (SSSR count). The van der Waals surface area contributed by atoms with Crippen LogP contribution in [0.4, 0.5) is 5.69 Å². The summed E-state index contributed by atoms with van der Waals surface area (Å²) in [7, 11) is 0. The molecule has 19 heavy (non-hydrogen) atoms. The van der Waals surface area contributed by atoms with Crippen molar-refractivity contribution in [3.63, 3.8) is 0 Å². The Hall–Kier alpha value is -1.91. The standard InChI is InChI=1S/C14H17NO4/c16-13(17)14(7-2-1-3-8-14)10-11-5-4-6-12(9-11)15(18)19/h4-6,9H,1-3,7-8,10H2,(H,16,17). The summed E-state index contributed by atoms with van der Waals surface area (Å²) < 4.78 is 0. The van der Waals surface area contributed by atoms with Gasteiger partial charge >= 0.3 is 5.97 Å². The number of hydrogen-bond acceptors (Lipinski definition) is 3. The summed E-state index contributed by atoms with van der Waals surface area (Å²) in [4.78, 5) is 21.9. The van der Waals surface area contributed by atoms with E-state index in [1.165, 1.54) is 12.1 Å². The molecule has 5 heteroatoms. The monoisotopic (exact) mass is 263 g/mol. The van der Waals surface area contributed by atoms with Gasteiger partial charge in [0.15, 0.2) is 0 Å². The minimum Gasteiger partial charge on any atom is -0.481 e. The fraction of sp³-hybridized carbons (Fsp3) is 0.500. The van der Waals surface area contributed by atoms with Gasteiger partial charge in [-0.3, -0.25) is 14.9 Å². The molecule has 1 aromatic carbocycles. The van der Waals surface area contributed by atoms with E-state index in [1.54, 1.807) is 12.1 Å². The second-order valence-electron chi connectivity index (χ2n) is 5.25. The van der Waals surface area contributed by atoms with Crippen LogP contribution in [0.1, 0.15) is 37.7 Å². The number of carbonyl (C=O) groups is 1. The zero-order chi connectivity index (χ0) is 13.9. The highest BCUT2D eigenvalue weighted by molar-refractivity contribution is 5.75. The molecule has 0 unspecified atom stereocenters. The van der Waals surface area contributed by atoms with E-state index >= 15 is 0 Å². The maximum absolute atomic E-state index is 11.6. The average Bonchev–Trinajstić information content (AvgIpc) is 2.40. The molecular weight excluding hydrogens is 246 g/mol. The molecule has 1 saturated carbocycles. The number of nitrogens with zero attached hydrogens (tertiary/aromatic N) is 1. The first kappa shape index (κ1) is 13.5. The smallest absolute Gasteiger partial charge is 0.309 e. The molecule has 1 N–H and O–H groups in total. The van der Waals surface area contributed by atoms with Crippen LogP contribution in [-0.4, -0.2) is 16.0 Å². The molecule has 0 aliphatic heterocycles. The number of carboxylic acids is 1. The van der Waals surface area contributed by atoms with Crippen LogP contribution in [-0.2, 0) is 11.2 Å². The van der Waals surface area contributed by atoms with Crippen molar-refractivity contribution in [1.29, 1.82) is 0 Å². The molecule has 1 fully saturated rings. The molecule has 0 bridgehead atoms. The Morgan fingerprint density at radius 2 is 2.00 bits per heavy atom. The molecule has 0 radical (unpaired) electrons. The third-order valence-electron chi connectivity index (χ3n) is 3.93. The number of nitro groups is 1. The Kier molecular flexibility index (Phi) is 3.83. The van der Waals surface area contributed by atoms with Crippen LogP contribution in [0.15, 0.2) is 24.3 Å². The van der Waals surface area contributed by atoms with Gasteiger partial charge < -0.3 is 5.11 Å². The summed E-state index contributed by atoms with van der Waals surface area (Å²) in [6, 6.07) is 6.30. The van der Waals surface area contributed by atoms with Crippen LogP contribution in [0.2, 0.25) is 0 Å². The van der Waals surface area contributed by atoms with Crippen LogP contribution >= 0.6 is 0 Å². The molecule has 1 aliphatic rings. The van der Waals surface area contributed by atoms with Gasteiger partial charge in [0.25, 0.3) is 5.69 Å². The number of benzene rings is 1. The molecule has 5 nitrogen and oxygen atoms in total. The second kappa shape index (κ2) is 5.38. The Bertz CT molecular complexity index is 492. The molecule has 1 aliphatic carbocycles. The molecule has 102 valence electrons. The van der Waals surface area contributed by atoms with E-state index in [0.717, 1.165) is 24.8 Å². The van der Waals surface area contributed by atoms with Gasteiger partial charge in [-0.15, -0.1) is 0 Å². The van der Waals surface area contributed by atoms with E-state index in [1.807, 2.05) is 0 Å². The zero-order valence-electron chi connectivity index (χ0n) is 10.7. The first-order chi connectivity index (χ1) is 9.03. The summed E-state index contributed by atoms with van der Waals surface area (Å²) in [6.07, 6.45) is 4.60. The SMILES string of the molecule is O=C(O)C1(Cc2cccc([N+](=O)[O-])c2)CCCCC1. The third-order valence-corrected chi connectivity index (χ3v) is 3.93. The van der Waals surface area contributed by atoms with Gasteiger partial charge in [0.1, 0.15) is 0 Å². The highest BCUT2D eigenvalue weighted by Crippen LogP contribution is 2.39. The van der Waals surface area contributed by atoms with Gasteiger partial charge in [-0.05, 0) is 24.8 Å². The van der Waals surface area contributed by atoms with E-state index in [9.17, 15) is 20.0 Å². The van der Waals surface area contributed by atoms with Crippen molar-refractivity contribution in [3.05, 3.63) is 39.9 Å². The highest BCUT2D eigenvalue weighted by atomic mass is 16.6. The minimum absolute atomic E-state index is 0.0221. The van der Waals surface area contributed by atoms with Crippen molar-refractivity contribution in [2.24, 2.45) is 5.41 Å². The van der Waals surface area contributed by atoms with Gasteiger partial charge in [0.2, 0.25) is 0 Å². The fourth-order valence-electron chi connectivity index (χ4n) is 2.87. The van der Waals surface area contributed by atoms with Gasteiger partial charge in [-0.1, -0.05) is 31.4 Å². The van der Waals surface area contributed by atoms with Crippen molar-refractivity contribution in [3.8, 4) is 0 Å². The average molecular weight is 263 g/mol. The highest BCUT2D eigenvalue weighted by Gasteiger charge is 2.39. The van der Waals surface area contributed by atoms with Crippen LogP contribution < -0.4 is 0 Å². The number of hydrogen-bond donors (Lipinski definition) is 1. The van der Waals surface area contributed by atoms with Crippen LogP contribution in [0, 0.1) is 15.5 Å². The third kappa shape index (κ3) is 2.92. The number of carboxylic acid groups (broad SMARTS) is 1. The van der Waals surface area contributed by atoms with Crippen molar-refractivity contribution in [1.82, 2.24) is 0 Å². The largest absolute Gasteiger partial charge is 0.481 e. The molecule has 0 spiro atoms. The second-order valence-corrected chi connectivity index (χ2v) is 5.25. The predicted molar refractivity (Wildman–Crippen MR) is 70.0 cm³/mol. The quantitative estimate of drug-likeness (QED) is 0.668. The van der Waals surface area contributed by atoms with Crippen LogP contribution in [0.3, 0.4) is 0 Å². The van der Waals surface area contributed by atoms with E-state index < -0.39 is 16.3 Å². The lowest BCUT2D eigenvalue weighted by molar-refractivity contribution is -0.384. The summed E-state index contributed by atoms with van der Waals surface area (Å²) >= 11 is 0. The molecule has 0 aromatic heterocycles. The predicted octanol–water partition coefficient (Wildman–Crippen LogP) is 3.17. The Balaban J connectivity index is 2.24. The Labute approximate surface area is 111 Å². The van der Waals surface area contributed by atoms with E-state index in [0.29, 0.717) is 19.3 Å². The van der Waals surface area contributed by atoms with Crippen LogP contribution in [0.25, 0.3) is 0 Å². The number of non-ortho nitro benzene ring substituents is 1. The maximum Gasteiger partial charge on any atom is 0.309 e. The van der Waals surface area contributed by atoms with Crippen molar-refractivity contribution in [2.45, 2.75) is 38.5 Å². The van der Waals surface area contributed by atoms with Crippen molar-refractivity contribution >= 4 is 11.7 Å². The Morgan fingerprint density at radius 1 is 1.32 bits per heavy atom. The molecule has 0 saturated heterocycles. The van der Waals surface area contributed by atoms with E-state index in [-0.39, 0.29) is 5.69 Å². The summed E-state index contributed by atoms with van der Waals surface area (Å²) in [5, 5.41) is 20.2. The lowest BCUT2D eigenvalue weighted by Crippen LogP contribution is -2.35.